The van der Waals surface area contributed by atoms with Crippen LogP contribution in [0.3, 0.4) is 0 Å². The van der Waals surface area contributed by atoms with Crippen LogP contribution in [0.4, 0.5) is 5.13 Å². The fraction of sp³-hybridized carbons (Fsp3) is 0.0909. The molecule has 6 nitrogen and oxygen atoms in total. The third-order valence-electron chi connectivity index (χ3n) is 4.39. The highest BCUT2D eigenvalue weighted by Crippen LogP contribution is 2.33. The molecule has 0 aliphatic carbocycles. The van der Waals surface area contributed by atoms with E-state index in [9.17, 15) is 9.59 Å². The van der Waals surface area contributed by atoms with Crippen LogP contribution in [0.25, 0.3) is 11.3 Å². The number of aryl methyl sites for hydroxylation is 1. The number of rotatable bonds is 6. The summed E-state index contributed by atoms with van der Waals surface area (Å²) in [6, 6.07) is 20.2. The van der Waals surface area contributed by atoms with E-state index in [0.717, 1.165) is 5.56 Å². The lowest BCUT2D eigenvalue weighted by Crippen LogP contribution is -2.17. The van der Waals surface area contributed by atoms with Crippen LogP contribution in [0.5, 0.6) is 0 Å². The number of anilines is 1. The maximum absolute atomic E-state index is 13.1. The number of nitrogens with one attached hydrogen (secondary N) is 1. The standard InChI is InChI=1S/C22H18N4O2S/c1-2-26-17(13-14-23-26)21(28)25-22-24-18(15-9-5-3-6-10-15)20(29-22)19(27)16-11-7-4-8-12-16/h3-14H,2H2,1H3,(H,24,25,28). The van der Waals surface area contributed by atoms with Crippen molar-refractivity contribution in [3.05, 3.63) is 89.1 Å². The number of carbonyl (C=O) groups excluding carboxylic acids is 2. The summed E-state index contributed by atoms with van der Waals surface area (Å²) >= 11 is 1.17. The van der Waals surface area contributed by atoms with Gasteiger partial charge < -0.3 is 0 Å². The topological polar surface area (TPSA) is 76.9 Å². The maximum Gasteiger partial charge on any atom is 0.275 e. The summed E-state index contributed by atoms with van der Waals surface area (Å²) in [7, 11) is 0. The van der Waals surface area contributed by atoms with Crippen molar-refractivity contribution in [1.29, 1.82) is 0 Å². The van der Waals surface area contributed by atoms with Crippen LogP contribution in [0.15, 0.2) is 72.9 Å². The predicted octanol–water partition coefficient (Wildman–Crippen LogP) is 4.51. The van der Waals surface area contributed by atoms with E-state index in [4.69, 9.17) is 0 Å². The molecule has 0 spiro atoms. The van der Waals surface area contributed by atoms with Gasteiger partial charge in [0, 0.05) is 23.9 Å². The summed E-state index contributed by atoms with van der Waals surface area (Å²) in [5.74, 6) is -0.433. The quantitative estimate of drug-likeness (QED) is 0.482. The van der Waals surface area contributed by atoms with Gasteiger partial charge in [0.25, 0.3) is 5.91 Å². The van der Waals surface area contributed by atoms with Gasteiger partial charge in [0.1, 0.15) is 10.6 Å². The fourth-order valence-electron chi connectivity index (χ4n) is 2.98. The monoisotopic (exact) mass is 402 g/mol. The van der Waals surface area contributed by atoms with E-state index in [-0.39, 0.29) is 11.7 Å². The van der Waals surface area contributed by atoms with Gasteiger partial charge in [-0.15, -0.1) is 0 Å². The third kappa shape index (κ3) is 3.86. The number of amides is 1. The van der Waals surface area contributed by atoms with Crippen molar-refractivity contribution in [2.75, 3.05) is 5.32 Å². The van der Waals surface area contributed by atoms with Crippen LogP contribution >= 0.6 is 11.3 Å². The van der Waals surface area contributed by atoms with Crippen LogP contribution in [0, 0.1) is 0 Å². The molecule has 7 heteroatoms. The predicted molar refractivity (Wildman–Crippen MR) is 113 cm³/mol. The number of nitrogens with zero attached hydrogens (tertiary/aromatic N) is 3. The van der Waals surface area contributed by atoms with Crippen molar-refractivity contribution < 1.29 is 9.59 Å². The molecule has 2 aromatic carbocycles. The lowest BCUT2D eigenvalue weighted by Gasteiger charge is -2.03. The highest BCUT2D eigenvalue weighted by molar-refractivity contribution is 7.18. The molecular formula is C22H18N4O2S. The van der Waals surface area contributed by atoms with Gasteiger partial charge in [0.05, 0.1) is 5.69 Å². The van der Waals surface area contributed by atoms with Crippen molar-refractivity contribution in [3.8, 4) is 11.3 Å². The maximum atomic E-state index is 13.1. The molecule has 0 atom stereocenters. The first-order valence-electron chi connectivity index (χ1n) is 9.16. The molecule has 1 N–H and O–H groups in total. The molecule has 144 valence electrons. The second-order valence-corrected chi connectivity index (χ2v) is 7.24. The van der Waals surface area contributed by atoms with Crippen LogP contribution < -0.4 is 5.32 Å². The summed E-state index contributed by atoms with van der Waals surface area (Å²) in [6.45, 7) is 2.50. The molecule has 1 amide bonds. The van der Waals surface area contributed by atoms with E-state index in [1.165, 1.54) is 11.3 Å². The summed E-state index contributed by atoms with van der Waals surface area (Å²) in [5.41, 5.74) is 2.40. The first-order valence-corrected chi connectivity index (χ1v) is 9.98. The lowest BCUT2D eigenvalue weighted by molar-refractivity contribution is 0.101. The number of hydrogen-bond acceptors (Lipinski definition) is 5. The zero-order valence-electron chi connectivity index (χ0n) is 15.7. The molecule has 0 aliphatic heterocycles. The Kier molecular flexibility index (Phi) is 5.31. The van der Waals surface area contributed by atoms with Gasteiger partial charge in [-0.2, -0.15) is 5.10 Å². The molecule has 4 rings (SSSR count). The molecule has 0 unspecified atom stereocenters. The smallest absolute Gasteiger partial charge is 0.275 e. The van der Waals surface area contributed by atoms with E-state index in [0.29, 0.717) is 33.5 Å². The molecule has 0 aliphatic rings. The number of thiazole rings is 1. The Hall–Kier alpha value is -3.58. The van der Waals surface area contributed by atoms with Crippen molar-refractivity contribution in [2.45, 2.75) is 13.5 Å². The molecule has 0 fully saturated rings. The van der Waals surface area contributed by atoms with Gasteiger partial charge in [-0.25, -0.2) is 4.98 Å². The minimum absolute atomic E-state index is 0.124. The van der Waals surface area contributed by atoms with Gasteiger partial charge in [-0.05, 0) is 13.0 Å². The van der Waals surface area contributed by atoms with Crippen molar-refractivity contribution in [1.82, 2.24) is 14.8 Å². The Morgan fingerprint density at radius 3 is 2.38 bits per heavy atom. The zero-order valence-corrected chi connectivity index (χ0v) is 16.5. The number of carbonyl (C=O) groups is 2. The second-order valence-electron chi connectivity index (χ2n) is 6.24. The van der Waals surface area contributed by atoms with Crippen molar-refractivity contribution in [3.63, 3.8) is 0 Å². The number of hydrogen-bond donors (Lipinski definition) is 1. The summed E-state index contributed by atoms with van der Waals surface area (Å²) in [5, 5.41) is 7.30. The molecule has 0 radical (unpaired) electrons. The first-order chi connectivity index (χ1) is 14.2. The van der Waals surface area contributed by atoms with Gasteiger partial charge in [-0.3, -0.25) is 19.6 Å². The van der Waals surface area contributed by atoms with E-state index >= 15 is 0 Å². The molecule has 29 heavy (non-hydrogen) atoms. The Morgan fingerprint density at radius 2 is 1.69 bits per heavy atom. The van der Waals surface area contributed by atoms with Crippen LogP contribution in [0.2, 0.25) is 0 Å². The number of benzene rings is 2. The lowest BCUT2D eigenvalue weighted by atomic mass is 10.1. The highest BCUT2D eigenvalue weighted by atomic mass is 32.1. The summed E-state index contributed by atoms with van der Waals surface area (Å²) in [6.07, 6.45) is 1.58. The van der Waals surface area contributed by atoms with Crippen molar-refractivity contribution >= 4 is 28.2 Å². The molecule has 0 bridgehead atoms. The van der Waals surface area contributed by atoms with E-state index in [2.05, 4.69) is 15.4 Å². The van der Waals surface area contributed by atoms with Crippen LogP contribution in [0.1, 0.15) is 32.6 Å². The molecule has 2 heterocycles. The molecule has 0 saturated heterocycles. The number of ketones is 1. The zero-order chi connectivity index (χ0) is 20.2. The largest absolute Gasteiger partial charge is 0.296 e. The highest BCUT2D eigenvalue weighted by Gasteiger charge is 2.22. The second kappa shape index (κ2) is 8.20. The van der Waals surface area contributed by atoms with E-state index < -0.39 is 0 Å². The molecular weight excluding hydrogens is 384 g/mol. The summed E-state index contributed by atoms with van der Waals surface area (Å²) < 4.78 is 1.61. The fourth-order valence-corrected chi connectivity index (χ4v) is 3.92. The van der Waals surface area contributed by atoms with E-state index in [1.54, 1.807) is 29.1 Å². The Bertz CT molecular complexity index is 1150. The van der Waals surface area contributed by atoms with E-state index in [1.807, 2.05) is 55.5 Å². The van der Waals surface area contributed by atoms with Gasteiger partial charge in [0.2, 0.25) is 5.78 Å². The normalized spacial score (nSPS) is 10.7. The molecule has 2 aromatic heterocycles. The SMILES string of the molecule is CCn1nccc1C(=O)Nc1nc(-c2ccccc2)c(C(=O)c2ccccc2)s1. The summed E-state index contributed by atoms with van der Waals surface area (Å²) in [4.78, 5) is 30.8. The van der Waals surface area contributed by atoms with Crippen LogP contribution in [-0.2, 0) is 6.54 Å². The number of aromatic nitrogens is 3. The Labute approximate surface area is 171 Å². The van der Waals surface area contributed by atoms with Gasteiger partial charge >= 0.3 is 0 Å². The Balaban J connectivity index is 1.72. The Morgan fingerprint density at radius 1 is 1.00 bits per heavy atom. The van der Waals surface area contributed by atoms with Crippen molar-refractivity contribution in [2.24, 2.45) is 0 Å². The molecule has 4 aromatic rings. The van der Waals surface area contributed by atoms with Crippen LogP contribution in [-0.4, -0.2) is 26.5 Å². The molecule has 0 saturated carbocycles. The average Bonchev–Trinajstić information content (AvgIpc) is 3.41. The third-order valence-corrected chi connectivity index (χ3v) is 5.36. The minimum atomic E-state index is -0.309. The minimum Gasteiger partial charge on any atom is -0.296 e. The van der Waals surface area contributed by atoms with Gasteiger partial charge in [-0.1, -0.05) is 72.0 Å². The first kappa shape index (κ1) is 18.8. The van der Waals surface area contributed by atoms with Gasteiger partial charge in [0.15, 0.2) is 5.13 Å². The average molecular weight is 402 g/mol.